The molecule has 0 aliphatic carbocycles. The molecule has 0 spiro atoms. The van der Waals surface area contributed by atoms with Crippen LogP contribution in [0.4, 0.5) is 5.69 Å². The summed E-state index contributed by atoms with van der Waals surface area (Å²) in [4.78, 5) is 5.33. The molecular formula is C14H15N3O2S. The molecule has 2 heterocycles. The second kappa shape index (κ2) is 5.05. The fraction of sp³-hybridized carbons (Fsp3) is 0.214. The Morgan fingerprint density at radius 1 is 1.45 bits per heavy atom. The third-order valence-electron chi connectivity index (χ3n) is 3.17. The van der Waals surface area contributed by atoms with Gasteiger partial charge in [0.1, 0.15) is 11.4 Å². The van der Waals surface area contributed by atoms with Gasteiger partial charge in [0.15, 0.2) is 4.96 Å². The van der Waals surface area contributed by atoms with E-state index in [-0.39, 0.29) is 0 Å². The van der Waals surface area contributed by atoms with Crippen molar-refractivity contribution in [3.63, 3.8) is 0 Å². The van der Waals surface area contributed by atoms with Crippen LogP contribution in [0.3, 0.4) is 0 Å². The molecule has 6 heteroatoms. The molecule has 104 valence electrons. The highest BCUT2D eigenvalue weighted by atomic mass is 32.1. The first kappa shape index (κ1) is 12.8. The SMILES string of the molecule is COc1nc2sccn2c1CNc1ccc(O)c(C)c1. The van der Waals surface area contributed by atoms with Gasteiger partial charge in [-0.05, 0) is 30.7 Å². The molecule has 2 N–H and O–H groups in total. The Labute approximate surface area is 120 Å². The highest BCUT2D eigenvalue weighted by Crippen LogP contribution is 2.25. The lowest BCUT2D eigenvalue weighted by Crippen LogP contribution is -2.03. The smallest absolute Gasteiger partial charge is 0.238 e. The number of imidazole rings is 1. The normalized spacial score (nSPS) is 10.9. The second-order valence-corrected chi connectivity index (χ2v) is 5.35. The van der Waals surface area contributed by atoms with E-state index < -0.39 is 0 Å². The minimum Gasteiger partial charge on any atom is -0.508 e. The van der Waals surface area contributed by atoms with Crippen molar-refractivity contribution in [1.29, 1.82) is 0 Å². The molecule has 0 radical (unpaired) electrons. The van der Waals surface area contributed by atoms with E-state index in [0.717, 1.165) is 21.9 Å². The molecule has 3 rings (SSSR count). The van der Waals surface area contributed by atoms with Gasteiger partial charge in [-0.1, -0.05) is 0 Å². The number of hydrogen-bond acceptors (Lipinski definition) is 5. The van der Waals surface area contributed by atoms with Crippen LogP contribution in [0, 0.1) is 6.92 Å². The van der Waals surface area contributed by atoms with Crippen molar-refractivity contribution in [3.8, 4) is 11.6 Å². The van der Waals surface area contributed by atoms with Gasteiger partial charge in [-0.2, -0.15) is 4.98 Å². The summed E-state index contributed by atoms with van der Waals surface area (Å²) >= 11 is 1.57. The zero-order chi connectivity index (χ0) is 14.1. The van der Waals surface area contributed by atoms with Crippen molar-refractivity contribution < 1.29 is 9.84 Å². The average Bonchev–Trinajstić information content (AvgIpc) is 3.00. The highest BCUT2D eigenvalue weighted by molar-refractivity contribution is 7.15. The van der Waals surface area contributed by atoms with E-state index in [0.29, 0.717) is 18.2 Å². The summed E-state index contributed by atoms with van der Waals surface area (Å²) < 4.78 is 7.33. The standard InChI is InChI=1S/C14H15N3O2S/c1-9-7-10(3-4-12(9)18)15-8-11-13(19-2)16-14-17(11)5-6-20-14/h3-7,15,18H,8H2,1-2H3. The van der Waals surface area contributed by atoms with Gasteiger partial charge in [-0.3, -0.25) is 4.40 Å². The van der Waals surface area contributed by atoms with E-state index in [9.17, 15) is 5.11 Å². The number of methoxy groups -OCH3 is 1. The largest absolute Gasteiger partial charge is 0.508 e. The zero-order valence-corrected chi connectivity index (χ0v) is 12.1. The Hall–Kier alpha value is -2.21. The number of hydrogen-bond donors (Lipinski definition) is 2. The molecule has 0 atom stereocenters. The fourth-order valence-electron chi connectivity index (χ4n) is 2.09. The predicted octanol–water partition coefficient (Wildman–Crippen LogP) is 3.03. The lowest BCUT2D eigenvalue weighted by Gasteiger charge is -2.08. The summed E-state index contributed by atoms with van der Waals surface area (Å²) in [6, 6.07) is 5.44. The highest BCUT2D eigenvalue weighted by Gasteiger charge is 2.13. The fourth-order valence-corrected chi connectivity index (χ4v) is 2.81. The Balaban J connectivity index is 1.85. The zero-order valence-electron chi connectivity index (χ0n) is 11.3. The number of fused-ring (bicyclic) bond motifs is 1. The molecular weight excluding hydrogens is 274 g/mol. The Morgan fingerprint density at radius 2 is 2.30 bits per heavy atom. The van der Waals surface area contributed by atoms with Crippen LogP contribution in [-0.2, 0) is 6.54 Å². The van der Waals surface area contributed by atoms with E-state index in [4.69, 9.17) is 4.74 Å². The first-order valence-corrected chi connectivity index (χ1v) is 7.09. The summed E-state index contributed by atoms with van der Waals surface area (Å²) in [6.07, 6.45) is 1.98. The van der Waals surface area contributed by atoms with E-state index >= 15 is 0 Å². The van der Waals surface area contributed by atoms with Crippen molar-refractivity contribution in [2.24, 2.45) is 0 Å². The van der Waals surface area contributed by atoms with Gasteiger partial charge in [0.2, 0.25) is 5.88 Å². The van der Waals surface area contributed by atoms with Crippen LogP contribution in [-0.4, -0.2) is 21.6 Å². The number of aromatic nitrogens is 2. The van der Waals surface area contributed by atoms with Crippen LogP contribution < -0.4 is 10.1 Å². The van der Waals surface area contributed by atoms with Gasteiger partial charge in [0, 0.05) is 17.3 Å². The Kier molecular flexibility index (Phi) is 3.23. The van der Waals surface area contributed by atoms with E-state index in [2.05, 4.69) is 10.3 Å². The predicted molar refractivity (Wildman–Crippen MR) is 79.8 cm³/mol. The van der Waals surface area contributed by atoms with E-state index in [1.807, 2.05) is 35.0 Å². The van der Waals surface area contributed by atoms with Gasteiger partial charge in [0.25, 0.3) is 0 Å². The number of phenolic OH excluding ortho intramolecular Hbond substituents is 1. The third-order valence-corrected chi connectivity index (χ3v) is 3.93. The first-order valence-electron chi connectivity index (χ1n) is 6.21. The van der Waals surface area contributed by atoms with Gasteiger partial charge in [0.05, 0.1) is 13.7 Å². The Bertz CT molecular complexity index is 748. The summed E-state index contributed by atoms with van der Waals surface area (Å²) in [6.45, 7) is 2.47. The van der Waals surface area contributed by atoms with E-state index in [1.165, 1.54) is 0 Å². The maximum atomic E-state index is 9.53. The number of thiazole rings is 1. The van der Waals surface area contributed by atoms with Crippen molar-refractivity contribution in [2.45, 2.75) is 13.5 Å². The minimum atomic E-state index is 0.303. The number of rotatable bonds is 4. The molecule has 1 aromatic carbocycles. The number of aryl methyl sites for hydroxylation is 1. The average molecular weight is 289 g/mol. The van der Waals surface area contributed by atoms with Crippen molar-refractivity contribution >= 4 is 22.0 Å². The van der Waals surface area contributed by atoms with Crippen molar-refractivity contribution in [1.82, 2.24) is 9.38 Å². The number of ether oxygens (including phenoxy) is 1. The molecule has 0 fully saturated rings. The van der Waals surface area contributed by atoms with Gasteiger partial charge < -0.3 is 15.2 Å². The number of benzene rings is 1. The summed E-state index contributed by atoms with van der Waals surface area (Å²) in [5, 5.41) is 14.9. The third kappa shape index (κ3) is 2.18. The summed E-state index contributed by atoms with van der Waals surface area (Å²) in [7, 11) is 1.63. The van der Waals surface area contributed by atoms with Crippen LogP contribution in [0.2, 0.25) is 0 Å². The maximum absolute atomic E-state index is 9.53. The van der Waals surface area contributed by atoms with Crippen LogP contribution >= 0.6 is 11.3 Å². The van der Waals surface area contributed by atoms with Crippen LogP contribution in [0.1, 0.15) is 11.3 Å². The number of anilines is 1. The minimum absolute atomic E-state index is 0.303. The molecule has 0 amide bonds. The molecule has 3 aromatic rings. The van der Waals surface area contributed by atoms with Crippen LogP contribution in [0.25, 0.3) is 4.96 Å². The second-order valence-electron chi connectivity index (χ2n) is 4.48. The van der Waals surface area contributed by atoms with Crippen molar-refractivity contribution in [2.75, 3.05) is 12.4 Å². The molecule has 0 unspecified atom stereocenters. The van der Waals surface area contributed by atoms with E-state index in [1.54, 1.807) is 24.5 Å². The molecule has 20 heavy (non-hydrogen) atoms. The lowest BCUT2D eigenvalue weighted by atomic mass is 10.2. The number of phenols is 1. The van der Waals surface area contributed by atoms with Crippen molar-refractivity contribution in [3.05, 3.63) is 41.0 Å². The van der Waals surface area contributed by atoms with Crippen LogP contribution in [0.15, 0.2) is 29.8 Å². The molecule has 2 aromatic heterocycles. The molecule has 0 aliphatic rings. The molecule has 5 nitrogen and oxygen atoms in total. The van der Waals surface area contributed by atoms with Gasteiger partial charge in [-0.25, -0.2) is 0 Å². The number of nitrogens with one attached hydrogen (secondary N) is 1. The molecule has 0 saturated carbocycles. The monoisotopic (exact) mass is 289 g/mol. The number of aromatic hydroxyl groups is 1. The molecule has 0 saturated heterocycles. The van der Waals surface area contributed by atoms with Gasteiger partial charge in [-0.15, -0.1) is 11.3 Å². The maximum Gasteiger partial charge on any atom is 0.238 e. The van der Waals surface area contributed by atoms with Crippen LogP contribution in [0.5, 0.6) is 11.6 Å². The topological polar surface area (TPSA) is 58.8 Å². The lowest BCUT2D eigenvalue weighted by molar-refractivity contribution is 0.395. The number of nitrogens with zero attached hydrogens (tertiary/aromatic N) is 2. The summed E-state index contributed by atoms with van der Waals surface area (Å²) in [5.41, 5.74) is 2.78. The quantitative estimate of drug-likeness (QED) is 0.725. The first-order chi connectivity index (χ1) is 9.69. The molecule has 0 bridgehead atoms. The molecule has 0 aliphatic heterocycles. The Morgan fingerprint density at radius 3 is 3.05 bits per heavy atom. The van der Waals surface area contributed by atoms with Gasteiger partial charge >= 0.3 is 0 Å². The summed E-state index contributed by atoms with van der Waals surface area (Å²) in [5.74, 6) is 0.942.